The van der Waals surface area contributed by atoms with Crippen molar-refractivity contribution in [3.05, 3.63) is 75.8 Å². The fraction of sp³-hybridized carbons (Fsp3) is 0.286. The molecule has 4 rings (SSSR count). The fourth-order valence-electron chi connectivity index (χ4n) is 3.56. The van der Waals surface area contributed by atoms with Gasteiger partial charge in [-0.1, -0.05) is 18.2 Å². The van der Waals surface area contributed by atoms with Crippen LogP contribution in [-0.4, -0.2) is 29.0 Å². The van der Waals surface area contributed by atoms with Crippen LogP contribution >= 0.6 is 11.3 Å². The van der Waals surface area contributed by atoms with Crippen LogP contribution < -0.4 is 10.2 Å². The van der Waals surface area contributed by atoms with Gasteiger partial charge in [-0.05, 0) is 43.2 Å². The van der Waals surface area contributed by atoms with Crippen LogP contribution in [0.1, 0.15) is 17.7 Å². The lowest BCUT2D eigenvalue weighted by Gasteiger charge is -2.33. The smallest absolute Gasteiger partial charge is 0.278 e. The fourth-order valence-corrected chi connectivity index (χ4v) is 4.55. The minimum atomic E-state index is -0.317. The van der Waals surface area contributed by atoms with Crippen molar-refractivity contribution in [3.63, 3.8) is 0 Å². The van der Waals surface area contributed by atoms with Gasteiger partial charge >= 0.3 is 0 Å². The molecule has 0 amide bonds. The monoisotopic (exact) mass is 394 g/mol. The van der Waals surface area contributed by atoms with Crippen molar-refractivity contribution in [1.29, 1.82) is 0 Å². The Morgan fingerprint density at radius 1 is 1.11 bits per heavy atom. The summed E-state index contributed by atoms with van der Waals surface area (Å²) in [6.07, 6.45) is 4.00. The van der Waals surface area contributed by atoms with Gasteiger partial charge in [-0.2, -0.15) is 0 Å². The van der Waals surface area contributed by atoms with E-state index in [9.17, 15) is 10.1 Å². The van der Waals surface area contributed by atoms with E-state index in [2.05, 4.69) is 27.3 Å². The molecule has 0 atom stereocenters. The summed E-state index contributed by atoms with van der Waals surface area (Å²) in [6.45, 7) is 2.79. The molecule has 1 fully saturated rings. The third kappa shape index (κ3) is 4.21. The number of piperidine rings is 1. The molecule has 1 saturated heterocycles. The largest absolute Gasteiger partial charge is 0.357 e. The number of nitro groups is 1. The first-order chi connectivity index (χ1) is 13.7. The molecule has 0 unspecified atom stereocenters. The number of anilines is 1. The highest BCUT2D eigenvalue weighted by Crippen LogP contribution is 2.34. The molecule has 7 heteroatoms. The second kappa shape index (κ2) is 8.50. The predicted octanol–water partition coefficient (Wildman–Crippen LogP) is 4.48. The van der Waals surface area contributed by atoms with Crippen molar-refractivity contribution in [2.24, 2.45) is 0 Å². The number of nitrogens with one attached hydrogen (secondary N) is 1. The third-order valence-electron chi connectivity index (χ3n) is 5.06. The standard InChI is InChI=1S/C21H22N4O2S/c26-25(27)19-6-2-1-5-18(19)20-9-8-17(28-20)15-23-16-10-13-24(14-11-16)21-7-3-4-12-22-21/h1-9,12,16,23H,10-11,13-15H2. The first-order valence-corrected chi connectivity index (χ1v) is 10.2. The first kappa shape index (κ1) is 18.6. The molecule has 28 heavy (non-hydrogen) atoms. The normalized spacial score (nSPS) is 14.9. The average molecular weight is 395 g/mol. The van der Waals surface area contributed by atoms with Gasteiger partial charge in [0.2, 0.25) is 0 Å². The molecule has 3 heterocycles. The summed E-state index contributed by atoms with van der Waals surface area (Å²) >= 11 is 1.62. The average Bonchev–Trinajstić information content (AvgIpc) is 3.22. The van der Waals surface area contributed by atoms with Gasteiger partial charge in [0.1, 0.15) is 5.82 Å². The SMILES string of the molecule is O=[N+]([O-])c1ccccc1-c1ccc(CNC2CCN(c3ccccn3)CC2)s1. The molecule has 1 N–H and O–H groups in total. The molecule has 0 bridgehead atoms. The Kier molecular flexibility index (Phi) is 5.64. The molecule has 0 radical (unpaired) electrons. The zero-order valence-electron chi connectivity index (χ0n) is 15.5. The van der Waals surface area contributed by atoms with Crippen LogP contribution in [0.3, 0.4) is 0 Å². The number of thiophene rings is 1. The highest BCUT2D eigenvalue weighted by Gasteiger charge is 2.20. The quantitative estimate of drug-likeness (QED) is 0.493. The van der Waals surface area contributed by atoms with E-state index in [-0.39, 0.29) is 10.6 Å². The number of benzene rings is 1. The van der Waals surface area contributed by atoms with Crippen LogP contribution in [0.4, 0.5) is 11.5 Å². The molecule has 6 nitrogen and oxygen atoms in total. The number of rotatable bonds is 6. The Hall–Kier alpha value is -2.77. The Bertz CT molecular complexity index is 936. The summed E-state index contributed by atoms with van der Waals surface area (Å²) in [7, 11) is 0. The minimum Gasteiger partial charge on any atom is -0.357 e. The number of pyridine rings is 1. The molecular weight excluding hydrogens is 372 g/mol. The van der Waals surface area contributed by atoms with Gasteiger partial charge in [-0.25, -0.2) is 4.98 Å². The van der Waals surface area contributed by atoms with Crippen molar-refractivity contribution in [2.75, 3.05) is 18.0 Å². The third-order valence-corrected chi connectivity index (χ3v) is 6.18. The number of hydrogen-bond acceptors (Lipinski definition) is 6. The Morgan fingerprint density at radius 3 is 2.64 bits per heavy atom. The van der Waals surface area contributed by atoms with Crippen LogP contribution in [-0.2, 0) is 6.54 Å². The number of hydrogen-bond donors (Lipinski definition) is 1. The van der Waals surface area contributed by atoms with E-state index in [1.54, 1.807) is 23.5 Å². The summed E-state index contributed by atoms with van der Waals surface area (Å²) in [6, 6.07) is 17.5. The van der Waals surface area contributed by atoms with E-state index in [0.29, 0.717) is 11.6 Å². The molecule has 3 aromatic rings. The Morgan fingerprint density at radius 2 is 1.89 bits per heavy atom. The maximum absolute atomic E-state index is 11.3. The lowest BCUT2D eigenvalue weighted by atomic mass is 10.1. The summed E-state index contributed by atoms with van der Waals surface area (Å²) in [5.41, 5.74) is 0.846. The number of nitrogens with zero attached hydrogens (tertiary/aromatic N) is 3. The summed E-state index contributed by atoms with van der Waals surface area (Å²) < 4.78 is 0. The summed E-state index contributed by atoms with van der Waals surface area (Å²) in [5.74, 6) is 1.05. The number of para-hydroxylation sites is 1. The van der Waals surface area contributed by atoms with Crippen molar-refractivity contribution in [2.45, 2.75) is 25.4 Å². The second-order valence-electron chi connectivity index (χ2n) is 6.87. The van der Waals surface area contributed by atoms with Crippen LogP contribution in [0.2, 0.25) is 0 Å². The summed E-state index contributed by atoms with van der Waals surface area (Å²) in [4.78, 5) is 19.8. The Balaban J connectivity index is 1.33. The lowest BCUT2D eigenvalue weighted by molar-refractivity contribution is -0.384. The van der Waals surface area contributed by atoms with Gasteiger partial charge in [-0.3, -0.25) is 10.1 Å². The molecular formula is C21H22N4O2S. The highest BCUT2D eigenvalue weighted by molar-refractivity contribution is 7.15. The van der Waals surface area contributed by atoms with Crippen molar-refractivity contribution < 1.29 is 4.92 Å². The van der Waals surface area contributed by atoms with E-state index in [4.69, 9.17) is 0 Å². The predicted molar refractivity (Wildman–Crippen MR) is 113 cm³/mol. The zero-order chi connectivity index (χ0) is 19.3. The van der Waals surface area contributed by atoms with Gasteiger partial charge in [-0.15, -0.1) is 11.3 Å². The van der Waals surface area contributed by atoms with Crippen molar-refractivity contribution >= 4 is 22.8 Å². The van der Waals surface area contributed by atoms with Crippen molar-refractivity contribution in [1.82, 2.24) is 10.3 Å². The van der Waals surface area contributed by atoms with Gasteiger partial charge in [0.05, 0.1) is 10.5 Å². The van der Waals surface area contributed by atoms with E-state index >= 15 is 0 Å². The maximum Gasteiger partial charge on any atom is 0.278 e. The lowest BCUT2D eigenvalue weighted by Crippen LogP contribution is -2.42. The van der Waals surface area contributed by atoms with E-state index in [0.717, 1.165) is 43.2 Å². The van der Waals surface area contributed by atoms with Crippen molar-refractivity contribution in [3.8, 4) is 10.4 Å². The molecule has 1 aromatic carbocycles. The van der Waals surface area contributed by atoms with Gasteiger partial charge < -0.3 is 10.2 Å². The molecule has 2 aromatic heterocycles. The first-order valence-electron chi connectivity index (χ1n) is 9.42. The molecule has 0 saturated carbocycles. The van der Waals surface area contributed by atoms with Gasteiger partial charge in [0.15, 0.2) is 0 Å². The topological polar surface area (TPSA) is 71.3 Å². The van der Waals surface area contributed by atoms with Gasteiger partial charge in [0, 0.05) is 47.7 Å². The van der Waals surface area contributed by atoms with Crippen LogP contribution in [0.15, 0.2) is 60.8 Å². The Labute approximate surface area is 168 Å². The zero-order valence-corrected chi connectivity index (χ0v) is 16.3. The minimum absolute atomic E-state index is 0.158. The van der Waals surface area contributed by atoms with E-state index in [1.165, 1.54) is 4.88 Å². The number of aromatic nitrogens is 1. The number of nitro benzene ring substituents is 1. The van der Waals surface area contributed by atoms with E-state index in [1.807, 2.05) is 36.5 Å². The van der Waals surface area contributed by atoms with Crippen LogP contribution in [0.25, 0.3) is 10.4 Å². The van der Waals surface area contributed by atoms with Gasteiger partial charge in [0.25, 0.3) is 5.69 Å². The van der Waals surface area contributed by atoms with Crippen LogP contribution in [0, 0.1) is 10.1 Å². The molecule has 144 valence electrons. The second-order valence-corrected chi connectivity index (χ2v) is 8.04. The van der Waals surface area contributed by atoms with Crippen LogP contribution in [0.5, 0.6) is 0 Å². The molecule has 0 spiro atoms. The summed E-state index contributed by atoms with van der Waals surface area (Å²) in [5, 5.41) is 14.9. The van der Waals surface area contributed by atoms with E-state index < -0.39 is 0 Å². The highest BCUT2D eigenvalue weighted by atomic mass is 32.1. The molecule has 1 aliphatic heterocycles. The molecule has 1 aliphatic rings. The molecule has 0 aliphatic carbocycles. The maximum atomic E-state index is 11.3.